The van der Waals surface area contributed by atoms with Crippen molar-refractivity contribution in [2.75, 3.05) is 22.6 Å². The van der Waals surface area contributed by atoms with Crippen LogP contribution in [0.2, 0.25) is 0 Å². The summed E-state index contributed by atoms with van der Waals surface area (Å²) in [7, 11) is 1.39. The molecule has 0 saturated heterocycles. The minimum Gasteiger partial charge on any atom is -1.00 e. The summed E-state index contributed by atoms with van der Waals surface area (Å²) in [6.07, 6.45) is -0.835. The number of hydrogen-bond acceptors (Lipinski definition) is 19. The normalized spacial score (nSPS) is 8.83. The average molecular weight is 1290 g/mol. The van der Waals surface area contributed by atoms with Gasteiger partial charge >= 0.3 is 167 Å². The van der Waals surface area contributed by atoms with E-state index in [9.17, 15) is 57.9 Å². The van der Waals surface area contributed by atoms with E-state index in [1.165, 1.54) is 25.2 Å². The number of nitrogens with two attached hydrogens (primary N) is 1. The second-order valence-corrected chi connectivity index (χ2v) is 13.5. The van der Waals surface area contributed by atoms with Crippen molar-refractivity contribution in [2.45, 2.75) is 26.2 Å². The Morgan fingerprint density at radius 1 is 0.590 bits per heavy atom. The molecule has 0 unspecified atom stereocenters. The monoisotopic (exact) mass is 1290 g/mol. The van der Waals surface area contributed by atoms with Gasteiger partial charge in [-0.2, -0.15) is 13.2 Å². The third kappa shape index (κ3) is 35.9. The van der Waals surface area contributed by atoms with Gasteiger partial charge in [0, 0.05) is 42.5 Å². The summed E-state index contributed by atoms with van der Waals surface area (Å²) < 4.78 is 53.7. The molecule has 402 valence electrons. The van der Waals surface area contributed by atoms with Crippen LogP contribution < -0.4 is 153 Å². The zero-order chi connectivity index (χ0) is 56.7. The number of esters is 1. The fourth-order valence-corrected chi connectivity index (χ4v) is 4.97. The Balaban J connectivity index is -0.000000296. The quantitative estimate of drug-likeness (QED) is 0.0122. The van der Waals surface area contributed by atoms with Crippen molar-refractivity contribution in [2.24, 2.45) is 0 Å². The molecule has 31 heteroatoms. The molecule has 0 bridgehead atoms. The number of rotatable bonds is 14. The van der Waals surface area contributed by atoms with Crippen molar-refractivity contribution < 1.29 is 220 Å². The summed E-state index contributed by atoms with van der Waals surface area (Å²) in [6.45, 7) is 0.0828. The number of nitrogens with zero attached hydrogens (tertiary/aromatic N) is 4. The zero-order valence-corrected chi connectivity index (χ0v) is 53.1. The molecule has 6 aromatic rings. The molecule has 6 aromatic carbocycles. The van der Waals surface area contributed by atoms with Crippen molar-refractivity contribution in [3.63, 3.8) is 0 Å². The minimum atomic E-state index is -0.959. The third-order valence-corrected chi connectivity index (χ3v) is 8.34. The minimum absolute atomic E-state index is 0. The number of anilines is 2. The summed E-state index contributed by atoms with van der Waals surface area (Å²) in [4.78, 5) is 88.2. The number of nitro groups is 3. The van der Waals surface area contributed by atoms with Crippen LogP contribution >= 0.6 is 34.2 Å². The molecule has 23 nitrogen and oxygen atoms in total. The van der Waals surface area contributed by atoms with E-state index in [1.807, 2.05) is 83.8 Å². The van der Waals surface area contributed by atoms with Crippen LogP contribution in [-0.4, -0.2) is 57.2 Å². The molecular formula is C47H43ClF3IK2N5NaO18. The molecule has 0 fully saturated rings. The van der Waals surface area contributed by atoms with Crippen molar-refractivity contribution >= 4 is 93.1 Å². The molecule has 0 heterocycles. The van der Waals surface area contributed by atoms with Crippen LogP contribution in [0.3, 0.4) is 0 Å². The number of alkyl halides is 1. The second-order valence-electron chi connectivity index (χ2n) is 13.2. The molecule has 6 rings (SSSR count). The van der Waals surface area contributed by atoms with E-state index in [2.05, 4.69) is 37.1 Å². The molecule has 0 atom stereocenters. The molecule has 2 N–H and O–H groups in total. The van der Waals surface area contributed by atoms with Gasteiger partial charge in [0.25, 0.3) is 12.9 Å². The number of amides is 1. The van der Waals surface area contributed by atoms with Crippen LogP contribution in [0.4, 0.5) is 51.2 Å². The van der Waals surface area contributed by atoms with E-state index in [0.717, 1.165) is 58.0 Å². The maximum Gasteiger partial charge on any atom is 1.00 e. The molecular weight excluding hydrogens is 1240 g/mol. The second kappa shape index (κ2) is 48.4. The van der Waals surface area contributed by atoms with Gasteiger partial charge in [0.05, 0.1) is 26.9 Å². The van der Waals surface area contributed by atoms with E-state index in [0.29, 0.717) is 5.56 Å². The molecule has 0 aliphatic heterocycles. The summed E-state index contributed by atoms with van der Waals surface area (Å²) in [5.74, 6) is -3.29. The predicted molar refractivity (Wildman–Crippen MR) is 266 cm³/mol. The zero-order valence-electron chi connectivity index (χ0n) is 42.9. The number of nitro benzene ring substituents is 3. The standard InChI is InChI=1S/C15H13FN2O4.C15H12FNO4.C8H7ClO2.C6H5FN2O2.CH3I.2CH2O3.2K.Na.H/c1-17(12-7-8-13(16)14(9-12)18(20)21)15(19)22-10-11-5-3-2-4-6-11;16-13-7-6-12(8-14(13)17(19)20)9-15(18)21-10-11-4-2-1-3-5-11;9-8(10)11-6-7-4-2-1-3-5-7;7-5-2-1-4(8)3-6(5)9(10)11;1-2;2*2-1-4-3;;;;/h2-9H,10H2,1H3;1-8H,9-10H2;1-5H,6H2;1-3H,8H2;1H3;2*1,3H;;;;/q;;;;;;;3*+1;-1/p-2. The molecule has 0 spiro atoms. The number of carbonyl (C=O) groups excluding carboxylic acids is 5. The average Bonchev–Trinajstić information content (AvgIpc) is 3.42. The SMILES string of the molecule is CI.CN(C(=O)OCc1ccccc1)c1ccc(F)c([N+](=O)[O-])c1.Nc1ccc(F)c([N+](=O)[O-])c1.O=C(Cc1ccc(F)c([N+](=O)[O-])c1)OCc1ccccc1.O=C(Cl)OCc1ccccc1.O=CO[O-].O=CO[O-].[H-].[K+].[K+].[Na+]. The van der Waals surface area contributed by atoms with Gasteiger partial charge in [-0.15, -0.1) is 0 Å². The summed E-state index contributed by atoms with van der Waals surface area (Å²) >= 11 is 7.12. The number of benzene rings is 6. The summed E-state index contributed by atoms with van der Waals surface area (Å²) in [5, 5.41) is 48.3. The smallest absolute Gasteiger partial charge is 1.00 e. The van der Waals surface area contributed by atoms with E-state index >= 15 is 0 Å². The van der Waals surface area contributed by atoms with E-state index in [1.54, 1.807) is 12.1 Å². The molecule has 0 radical (unpaired) electrons. The fourth-order valence-electron chi connectivity index (χ4n) is 4.92. The number of halogens is 5. The van der Waals surface area contributed by atoms with Crippen LogP contribution in [0.1, 0.15) is 23.7 Å². The first kappa shape index (κ1) is 80.0. The van der Waals surface area contributed by atoms with E-state index < -0.39 is 66.8 Å². The first-order chi connectivity index (χ1) is 35.8. The number of carbonyl (C=O) groups is 5. The van der Waals surface area contributed by atoms with Gasteiger partial charge in [0.1, 0.15) is 19.8 Å². The maximum absolute atomic E-state index is 13.3. The van der Waals surface area contributed by atoms with Crippen molar-refractivity contribution in [1.82, 2.24) is 0 Å². The molecule has 78 heavy (non-hydrogen) atoms. The van der Waals surface area contributed by atoms with Gasteiger partial charge in [-0.05, 0) is 57.5 Å². The molecule has 0 saturated carbocycles. The van der Waals surface area contributed by atoms with Gasteiger partial charge in [0.2, 0.25) is 17.5 Å². The van der Waals surface area contributed by atoms with Crippen molar-refractivity contribution in [3.8, 4) is 0 Å². The van der Waals surface area contributed by atoms with Crippen LogP contribution in [0.5, 0.6) is 0 Å². The Labute approximate surface area is 569 Å². The molecule has 1 amide bonds. The van der Waals surface area contributed by atoms with Gasteiger partial charge in [0.15, 0.2) is 0 Å². The fraction of sp³-hybridized carbons (Fsp3) is 0.128. The van der Waals surface area contributed by atoms with Crippen LogP contribution in [0.25, 0.3) is 0 Å². The molecule has 0 aliphatic rings. The molecule has 0 aliphatic carbocycles. The van der Waals surface area contributed by atoms with Crippen molar-refractivity contribution in [3.05, 3.63) is 216 Å². The number of nitrogen functional groups attached to an aromatic ring is 1. The van der Waals surface area contributed by atoms with Gasteiger partial charge in [-0.25, -0.2) is 9.59 Å². The first-order valence-corrected chi connectivity index (χ1v) is 22.7. The maximum atomic E-state index is 13.3. The molecule has 0 aromatic heterocycles. The van der Waals surface area contributed by atoms with Gasteiger partial charge < -0.3 is 41.7 Å². The first-order valence-electron chi connectivity index (χ1n) is 20.2. The summed E-state index contributed by atoms with van der Waals surface area (Å²) in [5.41, 5.74) is 5.76. The van der Waals surface area contributed by atoms with Gasteiger partial charge in [-0.3, -0.25) is 49.6 Å². The number of ether oxygens (including phenoxy) is 3. The van der Waals surface area contributed by atoms with Crippen LogP contribution in [0.15, 0.2) is 146 Å². The largest absolute Gasteiger partial charge is 1.00 e. The Kier molecular flexibility index (Phi) is 49.6. The Bertz CT molecular complexity index is 2750. The van der Waals surface area contributed by atoms with E-state index in [-0.39, 0.29) is 184 Å². The Morgan fingerprint density at radius 3 is 1.31 bits per heavy atom. The van der Waals surface area contributed by atoms with Crippen LogP contribution in [0, 0.1) is 47.8 Å². The third-order valence-electron chi connectivity index (χ3n) is 8.23. The van der Waals surface area contributed by atoms with Crippen LogP contribution in [-0.2, 0) is 64.6 Å². The number of hydrogen-bond donors (Lipinski definition) is 1. The predicted octanol–water partition coefficient (Wildman–Crippen LogP) is -0.550. The Hall–Kier alpha value is -4.53. The van der Waals surface area contributed by atoms with Gasteiger partial charge in [-0.1, -0.05) is 120 Å². The Morgan fingerprint density at radius 2 is 0.936 bits per heavy atom. The summed E-state index contributed by atoms with van der Waals surface area (Å²) in [6, 6.07) is 37.3. The topological polar surface area (TPSA) is 336 Å². The van der Waals surface area contributed by atoms with E-state index in [4.69, 9.17) is 46.9 Å². The van der Waals surface area contributed by atoms with Crippen molar-refractivity contribution in [1.29, 1.82) is 0 Å².